The molecule has 0 fully saturated rings. The van der Waals surface area contributed by atoms with Gasteiger partial charge in [-0.3, -0.25) is 0 Å². The second-order valence-electron chi connectivity index (χ2n) is 4.72. The van der Waals surface area contributed by atoms with Gasteiger partial charge in [-0.05, 0) is 30.5 Å². The number of ether oxygens (including phenoxy) is 1. The minimum Gasteiger partial charge on any atom is -0.477 e. The molecule has 2 rings (SSSR count). The summed E-state index contributed by atoms with van der Waals surface area (Å²) in [6.07, 6.45) is 5.41. The van der Waals surface area contributed by atoms with Crippen LogP contribution in [-0.2, 0) is 6.54 Å². The van der Waals surface area contributed by atoms with E-state index in [4.69, 9.17) is 4.74 Å². The Morgan fingerprint density at radius 1 is 1.16 bits per heavy atom. The first-order chi connectivity index (χ1) is 9.36. The minimum atomic E-state index is 0.746. The van der Waals surface area contributed by atoms with Crippen LogP contribution in [0.2, 0.25) is 0 Å². The molecule has 0 radical (unpaired) electrons. The van der Waals surface area contributed by atoms with Gasteiger partial charge in [0.2, 0.25) is 5.88 Å². The number of nitrogens with zero attached hydrogens (tertiary/aromatic N) is 1. The second kappa shape index (κ2) is 7.10. The lowest BCUT2D eigenvalue weighted by Gasteiger charge is -2.11. The normalized spacial score (nSPS) is 10.8. The fourth-order valence-corrected chi connectivity index (χ4v) is 2.19. The molecule has 0 amide bonds. The van der Waals surface area contributed by atoms with Crippen LogP contribution in [0.25, 0.3) is 10.8 Å². The molecule has 0 spiro atoms. The third-order valence-corrected chi connectivity index (χ3v) is 3.19. The molecular formula is C16H22N2O. The SMILES string of the molecule is CCCCCOc1ncc(CNC)c2ccccc12. The summed E-state index contributed by atoms with van der Waals surface area (Å²) in [5.41, 5.74) is 1.21. The highest BCUT2D eigenvalue weighted by molar-refractivity contribution is 5.89. The van der Waals surface area contributed by atoms with E-state index in [-0.39, 0.29) is 0 Å². The van der Waals surface area contributed by atoms with E-state index in [1.165, 1.54) is 23.8 Å². The van der Waals surface area contributed by atoms with Gasteiger partial charge in [0.25, 0.3) is 0 Å². The summed E-state index contributed by atoms with van der Waals surface area (Å²) in [6, 6.07) is 8.30. The Morgan fingerprint density at radius 3 is 2.68 bits per heavy atom. The fourth-order valence-electron chi connectivity index (χ4n) is 2.19. The molecule has 3 heteroatoms. The van der Waals surface area contributed by atoms with Gasteiger partial charge in [-0.25, -0.2) is 4.98 Å². The van der Waals surface area contributed by atoms with Gasteiger partial charge in [-0.1, -0.05) is 38.0 Å². The van der Waals surface area contributed by atoms with Crippen LogP contribution in [0.5, 0.6) is 5.88 Å². The summed E-state index contributed by atoms with van der Waals surface area (Å²) in [7, 11) is 1.95. The standard InChI is InChI=1S/C16H22N2O/c1-3-4-7-10-19-16-15-9-6-5-8-14(15)13(11-17-2)12-18-16/h5-6,8-9,12,17H,3-4,7,10-11H2,1-2H3. The maximum absolute atomic E-state index is 5.82. The Kier molecular flexibility index (Phi) is 5.16. The first-order valence-electron chi connectivity index (χ1n) is 7.00. The Balaban J connectivity index is 2.22. The lowest BCUT2D eigenvalue weighted by molar-refractivity contribution is 0.298. The number of benzene rings is 1. The zero-order chi connectivity index (χ0) is 13.5. The smallest absolute Gasteiger partial charge is 0.221 e. The zero-order valence-electron chi connectivity index (χ0n) is 11.8. The van der Waals surface area contributed by atoms with Crippen LogP contribution in [0.4, 0.5) is 0 Å². The van der Waals surface area contributed by atoms with E-state index in [9.17, 15) is 0 Å². The molecule has 0 saturated heterocycles. The molecular weight excluding hydrogens is 236 g/mol. The van der Waals surface area contributed by atoms with Gasteiger partial charge >= 0.3 is 0 Å². The summed E-state index contributed by atoms with van der Waals surface area (Å²) in [5.74, 6) is 0.756. The molecule has 0 aliphatic carbocycles. The van der Waals surface area contributed by atoms with Crippen LogP contribution in [0.3, 0.4) is 0 Å². The van der Waals surface area contributed by atoms with Gasteiger partial charge in [-0.15, -0.1) is 0 Å². The van der Waals surface area contributed by atoms with E-state index in [1.54, 1.807) is 0 Å². The van der Waals surface area contributed by atoms with Crippen molar-refractivity contribution < 1.29 is 4.74 Å². The van der Waals surface area contributed by atoms with Crippen LogP contribution in [0.15, 0.2) is 30.5 Å². The Morgan fingerprint density at radius 2 is 1.95 bits per heavy atom. The lowest BCUT2D eigenvalue weighted by atomic mass is 10.1. The first-order valence-corrected chi connectivity index (χ1v) is 7.00. The van der Waals surface area contributed by atoms with E-state index in [1.807, 2.05) is 19.3 Å². The van der Waals surface area contributed by atoms with Crippen molar-refractivity contribution in [1.82, 2.24) is 10.3 Å². The van der Waals surface area contributed by atoms with Crippen LogP contribution in [-0.4, -0.2) is 18.6 Å². The monoisotopic (exact) mass is 258 g/mol. The number of pyridine rings is 1. The van der Waals surface area contributed by atoms with Crippen LogP contribution >= 0.6 is 0 Å². The number of unbranched alkanes of at least 4 members (excludes halogenated alkanes) is 2. The van der Waals surface area contributed by atoms with Crippen LogP contribution in [0, 0.1) is 0 Å². The quantitative estimate of drug-likeness (QED) is 0.771. The topological polar surface area (TPSA) is 34.1 Å². The molecule has 0 atom stereocenters. The lowest BCUT2D eigenvalue weighted by Crippen LogP contribution is -2.07. The third kappa shape index (κ3) is 3.44. The van der Waals surface area contributed by atoms with E-state index >= 15 is 0 Å². The average Bonchev–Trinajstić information content (AvgIpc) is 2.46. The molecule has 0 aliphatic heterocycles. The minimum absolute atomic E-state index is 0.746. The van der Waals surface area contributed by atoms with E-state index in [2.05, 4.69) is 35.4 Å². The zero-order valence-corrected chi connectivity index (χ0v) is 11.8. The van der Waals surface area contributed by atoms with Crippen LogP contribution in [0.1, 0.15) is 31.7 Å². The highest BCUT2D eigenvalue weighted by atomic mass is 16.5. The van der Waals surface area contributed by atoms with Crippen molar-refractivity contribution in [3.05, 3.63) is 36.0 Å². The van der Waals surface area contributed by atoms with Crippen LogP contribution < -0.4 is 10.1 Å². The summed E-state index contributed by atoms with van der Waals surface area (Å²) in [5, 5.41) is 5.50. The molecule has 19 heavy (non-hydrogen) atoms. The number of aromatic nitrogens is 1. The third-order valence-electron chi connectivity index (χ3n) is 3.19. The number of rotatable bonds is 7. The number of hydrogen-bond acceptors (Lipinski definition) is 3. The van der Waals surface area contributed by atoms with Crippen molar-refractivity contribution in [3.8, 4) is 5.88 Å². The van der Waals surface area contributed by atoms with Crippen molar-refractivity contribution in [1.29, 1.82) is 0 Å². The molecule has 0 unspecified atom stereocenters. The number of hydrogen-bond donors (Lipinski definition) is 1. The van der Waals surface area contributed by atoms with E-state index in [0.717, 1.165) is 30.8 Å². The predicted octanol–water partition coefficient (Wildman–Crippen LogP) is 3.52. The highest BCUT2D eigenvalue weighted by Gasteiger charge is 2.07. The van der Waals surface area contributed by atoms with Gasteiger partial charge < -0.3 is 10.1 Å². The maximum Gasteiger partial charge on any atom is 0.221 e. The molecule has 1 N–H and O–H groups in total. The molecule has 0 aliphatic rings. The Labute approximate surface area is 115 Å². The average molecular weight is 258 g/mol. The molecule has 1 aromatic heterocycles. The molecule has 0 saturated carbocycles. The molecule has 1 heterocycles. The molecule has 102 valence electrons. The molecule has 0 bridgehead atoms. The summed E-state index contributed by atoms with van der Waals surface area (Å²) >= 11 is 0. The highest BCUT2D eigenvalue weighted by Crippen LogP contribution is 2.26. The van der Waals surface area contributed by atoms with Crippen molar-refractivity contribution in [2.45, 2.75) is 32.7 Å². The summed E-state index contributed by atoms with van der Waals surface area (Å²) < 4.78 is 5.82. The van der Waals surface area contributed by atoms with Gasteiger partial charge in [0.05, 0.1) is 6.61 Å². The van der Waals surface area contributed by atoms with Crippen molar-refractivity contribution in [3.63, 3.8) is 0 Å². The molecule has 2 aromatic rings. The van der Waals surface area contributed by atoms with Gasteiger partial charge in [0, 0.05) is 18.1 Å². The van der Waals surface area contributed by atoms with Gasteiger partial charge in [0.15, 0.2) is 0 Å². The Bertz CT molecular complexity index is 525. The van der Waals surface area contributed by atoms with Crippen molar-refractivity contribution in [2.24, 2.45) is 0 Å². The molecule has 1 aromatic carbocycles. The fraction of sp³-hybridized carbons (Fsp3) is 0.438. The predicted molar refractivity (Wildman–Crippen MR) is 79.5 cm³/mol. The molecule has 3 nitrogen and oxygen atoms in total. The van der Waals surface area contributed by atoms with Gasteiger partial charge in [0.1, 0.15) is 0 Å². The largest absolute Gasteiger partial charge is 0.477 e. The van der Waals surface area contributed by atoms with Crippen molar-refractivity contribution >= 4 is 10.8 Å². The Hall–Kier alpha value is -1.61. The summed E-state index contributed by atoms with van der Waals surface area (Å²) in [4.78, 5) is 4.46. The van der Waals surface area contributed by atoms with E-state index in [0.29, 0.717) is 0 Å². The summed E-state index contributed by atoms with van der Waals surface area (Å²) in [6.45, 7) is 3.76. The first kappa shape index (κ1) is 13.8. The second-order valence-corrected chi connectivity index (χ2v) is 4.72. The number of fused-ring (bicyclic) bond motifs is 1. The number of nitrogens with one attached hydrogen (secondary N) is 1. The van der Waals surface area contributed by atoms with Gasteiger partial charge in [-0.2, -0.15) is 0 Å². The van der Waals surface area contributed by atoms with E-state index < -0.39 is 0 Å². The maximum atomic E-state index is 5.82. The van der Waals surface area contributed by atoms with Crippen molar-refractivity contribution in [2.75, 3.05) is 13.7 Å².